The van der Waals surface area contributed by atoms with Gasteiger partial charge in [-0.05, 0) is 18.2 Å². The molecule has 12 heavy (non-hydrogen) atoms. The highest BCUT2D eigenvalue weighted by molar-refractivity contribution is 5.76. The Morgan fingerprint density at radius 1 is 1.25 bits per heavy atom. The smallest absolute Gasteiger partial charge is 0.307 e. The second-order valence-electron chi connectivity index (χ2n) is 2.38. The van der Waals surface area contributed by atoms with Gasteiger partial charge in [0.1, 0.15) is 0 Å². The summed E-state index contributed by atoms with van der Waals surface area (Å²) in [6, 6.07) is 7.55. The molecule has 0 aliphatic rings. The molecule has 2 N–H and O–H groups in total. The number of aromatic nitrogens is 2. The van der Waals surface area contributed by atoms with Crippen LogP contribution in [0.1, 0.15) is 0 Å². The van der Waals surface area contributed by atoms with Crippen LogP contribution in [0.5, 0.6) is 0 Å². The fraction of sp³-hybridized carbons (Fsp3) is 0. The normalized spacial score (nSPS) is 10.3. The van der Waals surface area contributed by atoms with Gasteiger partial charge in [-0.3, -0.25) is 9.78 Å². The van der Waals surface area contributed by atoms with E-state index in [1.165, 1.54) is 6.07 Å². The van der Waals surface area contributed by atoms with Crippen molar-refractivity contribution in [2.75, 3.05) is 0 Å². The zero-order valence-electron chi connectivity index (χ0n) is 6.05. The molecule has 0 saturated carbocycles. The molecule has 1 radical (unpaired) electrons. The fourth-order valence-electron chi connectivity index (χ4n) is 1.05. The van der Waals surface area contributed by atoms with Crippen molar-refractivity contribution in [2.45, 2.75) is 0 Å². The lowest BCUT2D eigenvalue weighted by molar-refractivity contribution is 1.08. The maximum Gasteiger partial charge on any atom is 0.326 e. The predicted molar refractivity (Wildman–Crippen MR) is 44.0 cm³/mol. The molecule has 4 nitrogen and oxygen atoms in total. The van der Waals surface area contributed by atoms with E-state index in [1.807, 2.05) is 0 Å². The molecule has 2 aromatic rings. The van der Waals surface area contributed by atoms with Crippen molar-refractivity contribution in [3.63, 3.8) is 0 Å². The summed E-state index contributed by atoms with van der Waals surface area (Å²) < 4.78 is 0. The van der Waals surface area contributed by atoms with Crippen molar-refractivity contribution in [1.29, 1.82) is 0 Å². The summed E-state index contributed by atoms with van der Waals surface area (Å²) in [6.45, 7) is 0. The van der Waals surface area contributed by atoms with Crippen LogP contribution in [0.4, 0.5) is 0 Å². The summed E-state index contributed by atoms with van der Waals surface area (Å²) >= 11 is 0. The van der Waals surface area contributed by atoms with Crippen molar-refractivity contribution in [1.82, 2.24) is 9.97 Å². The number of hydrogen-bond donors (Lipinski definition) is 2. The molecular weight excluding hydrogens is 156 g/mol. The van der Waals surface area contributed by atoms with Crippen LogP contribution >= 0.6 is 0 Å². The molecule has 59 valence electrons. The Balaban J connectivity index is 3.09. The van der Waals surface area contributed by atoms with Crippen LogP contribution in [0.2, 0.25) is 0 Å². The number of H-pyrrole nitrogens is 2. The molecule has 0 aliphatic heterocycles. The lowest BCUT2D eigenvalue weighted by Gasteiger charge is -1.92. The van der Waals surface area contributed by atoms with Gasteiger partial charge in [-0.2, -0.15) is 0 Å². The summed E-state index contributed by atoms with van der Waals surface area (Å²) in [5.74, 6) is 0. The first-order valence-electron chi connectivity index (χ1n) is 3.40. The first kappa shape index (κ1) is 6.84. The summed E-state index contributed by atoms with van der Waals surface area (Å²) in [6.07, 6.45) is 0. The van der Waals surface area contributed by atoms with Gasteiger partial charge in [-0.15, -0.1) is 0 Å². The number of nitrogens with one attached hydrogen (secondary N) is 2. The van der Waals surface area contributed by atoms with Gasteiger partial charge in [0.2, 0.25) is 0 Å². The van der Waals surface area contributed by atoms with Crippen LogP contribution in [0.25, 0.3) is 10.9 Å². The Kier molecular flexibility index (Phi) is 1.33. The van der Waals surface area contributed by atoms with Crippen molar-refractivity contribution in [3.8, 4) is 0 Å². The van der Waals surface area contributed by atoms with Crippen LogP contribution in [-0.4, -0.2) is 9.97 Å². The van der Waals surface area contributed by atoms with E-state index in [-0.39, 0.29) is 5.56 Å². The highest BCUT2D eigenvalue weighted by Gasteiger charge is 1.96. The van der Waals surface area contributed by atoms with Crippen molar-refractivity contribution in [3.05, 3.63) is 45.1 Å². The Hall–Kier alpha value is -1.84. The molecule has 2 rings (SSSR count). The average molecular weight is 161 g/mol. The number of fused-ring (bicyclic) bond motifs is 1. The highest BCUT2D eigenvalue weighted by Crippen LogP contribution is 2.00. The second-order valence-corrected chi connectivity index (χ2v) is 2.38. The monoisotopic (exact) mass is 161 g/mol. The van der Waals surface area contributed by atoms with Gasteiger partial charge in [0.15, 0.2) is 0 Å². The van der Waals surface area contributed by atoms with Gasteiger partial charge in [0, 0.05) is 0 Å². The van der Waals surface area contributed by atoms with Crippen LogP contribution in [0.3, 0.4) is 0 Å². The largest absolute Gasteiger partial charge is 0.326 e. The third kappa shape index (κ3) is 0.934. The minimum Gasteiger partial charge on any atom is -0.307 e. The van der Waals surface area contributed by atoms with Crippen molar-refractivity contribution >= 4 is 10.9 Å². The molecule has 0 amide bonds. The minimum atomic E-state index is -0.487. The molecule has 0 atom stereocenters. The molecule has 0 spiro atoms. The SMILES string of the molecule is O=c1[nH]c(=O)c2c[c]ccc2[nH]1. The lowest BCUT2D eigenvalue weighted by Crippen LogP contribution is -2.21. The molecule has 1 heterocycles. The molecule has 0 fully saturated rings. The zero-order valence-corrected chi connectivity index (χ0v) is 6.05. The topological polar surface area (TPSA) is 65.7 Å². The standard InChI is InChI=1S/C8H5N2O2/c11-7-5-3-1-2-4-6(5)9-8(12)10-7/h2-4H,(H2,9,10,11,12). The summed E-state index contributed by atoms with van der Waals surface area (Å²) in [5, 5.41) is 0.442. The molecule has 0 unspecified atom stereocenters. The van der Waals surface area contributed by atoms with E-state index in [0.29, 0.717) is 10.9 Å². The third-order valence-corrected chi connectivity index (χ3v) is 1.58. The van der Waals surface area contributed by atoms with Gasteiger partial charge >= 0.3 is 5.69 Å². The molecule has 1 aromatic carbocycles. The quantitative estimate of drug-likeness (QED) is 0.571. The van der Waals surface area contributed by atoms with E-state index in [9.17, 15) is 9.59 Å². The second kappa shape index (κ2) is 2.34. The minimum absolute atomic E-state index is 0.384. The lowest BCUT2D eigenvalue weighted by atomic mass is 10.2. The zero-order chi connectivity index (χ0) is 8.55. The van der Waals surface area contributed by atoms with Crippen molar-refractivity contribution < 1.29 is 0 Å². The maximum absolute atomic E-state index is 11.1. The third-order valence-electron chi connectivity index (χ3n) is 1.58. The number of benzene rings is 1. The van der Waals surface area contributed by atoms with E-state index in [1.54, 1.807) is 12.1 Å². The average Bonchev–Trinajstić information content (AvgIpc) is 2.04. The van der Waals surface area contributed by atoms with Gasteiger partial charge in [-0.25, -0.2) is 4.79 Å². The van der Waals surface area contributed by atoms with Crippen LogP contribution < -0.4 is 11.2 Å². The predicted octanol–water partition coefficient (Wildman–Crippen LogP) is 0.0166. The Bertz CT molecular complexity index is 524. The van der Waals surface area contributed by atoms with Crippen LogP contribution in [-0.2, 0) is 0 Å². The molecule has 0 bridgehead atoms. The van der Waals surface area contributed by atoms with E-state index in [2.05, 4.69) is 16.0 Å². The molecule has 0 saturated heterocycles. The first-order valence-corrected chi connectivity index (χ1v) is 3.40. The molecule has 4 heteroatoms. The molecular formula is C8H5N2O2. The Morgan fingerprint density at radius 3 is 2.92 bits per heavy atom. The van der Waals surface area contributed by atoms with E-state index < -0.39 is 5.69 Å². The maximum atomic E-state index is 11.1. The van der Waals surface area contributed by atoms with Gasteiger partial charge < -0.3 is 4.98 Å². The van der Waals surface area contributed by atoms with Gasteiger partial charge in [-0.1, -0.05) is 6.07 Å². The van der Waals surface area contributed by atoms with Crippen LogP contribution in [0.15, 0.2) is 27.8 Å². The van der Waals surface area contributed by atoms with Crippen molar-refractivity contribution in [2.24, 2.45) is 0 Å². The first-order chi connectivity index (χ1) is 5.77. The summed E-state index contributed by atoms with van der Waals surface area (Å²) in [4.78, 5) is 26.5. The Labute approximate surface area is 66.9 Å². The van der Waals surface area contributed by atoms with Gasteiger partial charge in [0.05, 0.1) is 10.9 Å². The van der Waals surface area contributed by atoms with E-state index in [4.69, 9.17) is 0 Å². The fourth-order valence-corrected chi connectivity index (χ4v) is 1.05. The molecule has 0 aliphatic carbocycles. The summed E-state index contributed by atoms with van der Waals surface area (Å²) in [5.41, 5.74) is -0.341. The number of rotatable bonds is 0. The van der Waals surface area contributed by atoms with E-state index in [0.717, 1.165) is 0 Å². The van der Waals surface area contributed by atoms with E-state index >= 15 is 0 Å². The van der Waals surface area contributed by atoms with Crippen LogP contribution in [0, 0.1) is 6.07 Å². The number of aromatic amines is 2. The number of hydrogen-bond acceptors (Lipinski definition) is 2. The molecule has 1 aromatic heterocycles. The Morgan fingerprint density at radius 2 is 2.08 bits per heavy atom. The van der Waals surface area contributed by atoms with Gasteiger partial charge in [0.25, 0.3) is 5.56 Å². The summed E-state index contributed by atoms with van der Waals surface area (Å²) in [7, 11) is 0. The highest BCUT2D eigenvalue weighted by atomic mass is 16.2.